The van der Waals surface area contributed by atoms with Crippen LogP contribution in [0.1, 0.15) is 44.9 Å². The Bertz CT molecular complexity index is 440. The summed E-state index contributed by atoms with van der Waals surface area (Å²) in [4.78, 5) is 20.2. The summed E-state index contributed by atoms with van der Waals surface area (Å²) in [5.74, 6) is 1.59. The number of hydrogen-bond acceptors (Lipinski definition) is 4. The number of rotatable bonds is 4. The highest BCUT2D eigenvalue weighted by molar-refractivity contribution is 5.79. The first-order valence-corrected chi connectivity index (χ1v) is 10.6. The fourth-order valence-corrected chi connectivity index (χ4v) is 5.09. The van der Waals surface area contributed by atoms with Gasteiger partial charge in [0.1, 0.15) is 0 Å². The molecule has 142 valence electrons. The van der Waals surface area contributed by atoms with Crippen molar-refractivity contribution in [3.05, 3.63) is 0 Å². The first-order chi connectivity index (χ1) is 12.3. The predicted molar refractivity (Wildman–Crippen MR) is 98.5 cm³/mol. The molecule has 3 aliphatic heterocycles. The van der Waals surface area contributed by atoms with E-state index in [2.05, 4.69) is 9.80 Å². The van der Waals surface area contributed by atoms with Crippen molar-refractivity contribution >= 4 is 5.91 Å². The number of carbonyl (C=O) groups is 1. The van der Waals surface area contributed by atoms with Gasteiger partial charge in [-0.25, -0.2) is 0 Å². The van der Waals surface area contributed by atoms with Gasteiger partial charge in [0.15, 0.2) is 0 Å². The van der Waals surface area contributed by atoms with Crippen LogP contribution in [0.5, 0.6) is 0 Å². The van der Waals surface area contributed by atoms with E-state index in [0.717, 1.165) is 32.0 Å². The molecule has 1 aliphatic carbocycles. The summed E-state index contributed by atoms with van der Waals surface area (Å²) in [5.41, 5.74) is 0. The van der Waals surface area contributed by atoms with E-state index >= 15 is 0 Å². The van der Waals surface area contributed by atoms with Crippen molar-refractivity contribution in [1.29, 1.82) is 0 Å². The lowest BCUT2D eigenvalue weighted by atomic mass is 9.84. The molecule has 0 unspecified atom stereocenters. The predicted octanol–water partition coefficient (Wildman–Crippen LogP) is 1.82. The Morgan fingerprint density at radius 2 is 1.64 bits per heavy atom. The molecule has 0 spiro atoms. The lowest BCUT2D eigenvalue weighted by molar-refractivity contribution is -0.142. The van der Waals surface area contributed by atoms with Gasteiger partial charge in [0.05, 0.1) is 19.1 Å². The Kier molecular flexibility index (Phi) is 5.94. The van der Waals surface area contributed by atoms with Gasteiger partial charge >= 0.3 is 0 Å². The average Bonchev–Trinajstić information content (AvgIpc) is 2.65. The molecule has 5 heteroatoms. The van der Waals surface area contributed by atoms with Gasteiger partial charge in [-0.05, 0) is 64.1 Å². The second-order valence-corrected chi connectivity index (χ2v) is 8.60. The Balaban J connectivity index is 1.24. The normalized spacial score (nSPS) is 31.0. The highest BCUT2D eigenvalue weighted by Crippen LogP contribution is 2.29. The van der Waals surface area contributed by atoms with Gasteiger partial charge in [0.25, 0.3) is 0 Å². The van der Waals surface area contributed by atoms with Crippen LogP contribution >= 0.6 is 0 Å². The Morgan fingerprint density at radius 3 is 2.32 bits per heavy atom. The first-order valence-electron chi connectivity index (χ1n) is 10.6. The number of amides is 1. The van der Waals surface area contributed by atoms with Crippen molar-refractivity contribution in [3.8, 4) is 0 Å². The van der Waals surface area contributed by atoms with Crippen molar-refractivity contribution in [2.45, 2.75) is 51.0 Å². The van der Waals surface area contributed by atoms with Crippen molar-refractivity contribution in [1.82, 2.24) is 14.7 Å². The zero-order chi connectivity index (χ0) is 17.1. The van der Waals surface area contributed by atoms with Crippen LogP contribution < -0.4 is 0 Å². The van der Waals surface area contributed by atoms with E-state index in [0.29, 0.717) is 25.2 Å². The van der Waals surface area contributed by atoms with Crippen molar-refractivity contribution in [2.24, 2.45) is 11.8 Å². The summed E-state index contributed by atoms with van der Waals surface area (Å²) in [5, 5.41) is 0. The Morgan fingerprint density at radius 1 is 0.880 bits per heavy atom. The van der Waals surface area contributed by atoms with Crippen molar-refractivity contribution in [3.63, 3.8) is 0 Å². The molecule has 4 rings (SSSR count). The van der Waals surface area contributed by atoms with Gasteiger partial charge < -0.3 is 14.5 Å². The molecular weight excluding hydrogens is 314 g/mol. The fourth-order valence-electron chi connectivity index (χ4n) is 5.09. The van der Waals surface area contributed by atoms with Gasteiger partial charge in [0.2, 0.25) is 5.91 Å². The van der Waals surface area contributed by atoms with E-state index in [9.17, 15) is 4.79 Å². The largest absolute Gasteiger partial charge is 0.378 e. The monoisotopic (exact) mass is 349 g/mol. The summed E-state index contributed by atoms with van der Waals surface area (Å²) < 4.78 is 5.39. The highest BCUT2D eigenvalue weighted by Gasteiger charge is 2.34. The van der Waals surface area contributed by atoms with Crippen LogP contribution in [0.3, 0.4) is 0 Å². The molecule has 4 aliphatic rings. The number of carbonyl (C=O) groups excluding carboxylic acids is 1. The summed E-state index contributed by atoms with van der Waals surface area (Å²) >= 11 is 0. The van der Waals surface area contributed by atoms with Crippen molar-refractivity contribution in [2.75, 3.05) is 59.0 Å². The molecular formula is C20H35N3O2. The molecule has 1 atom stereocenters. The van der Waals surface area contributed by atoms with Gasteiger partial charge in [-0.15, -0.1) is 0 Å². The quantitative estimate of drug-likeness (QED) is 0.776. The molecule has 0 N–H and O–H groups in total. The van der Waals surface area contributed by atoms with Crippen LogP contribution in [-0.2, 0) is 9.53 Å². The molecule has 0 bridgehead atoms. The lowest BCUT2D eigenvalue weighted by Gasteiger charge is -2.44. The summed E-state index contributed by atoms with van der Waals surface area (Å²) in [6, 6.07) is 0.706. The molecule has 1 amide bonds. The maximum absolute atomic E-state index is 12.8. The molecule has 0 radical (unpaired) electrons. The minimum Gasteiger partial charge on any atom is -0.378 e. The van der Waals surface area contributed by atoms with Gasteiger partial charge in [-0.2, -0.15) is 0 Å². The number of ether oxygens (including phenoxy) is 1. The fraction of sp³-hybridized carbons (Fsp3) is 0.950. The van der Waals surface area contributed by atoms with E-state index in [-0.39, 0.29) is 5.92 Å². The topological polar surface area (TPSA) is 36.0 Å². The summed E-state index contributed by atoms with van der Waals surface area (Å²) in [6.45, 7) is 9.04. The van der Waals surface area contributed by atoms with Gasteiger partial charge in [-0.1, -0.05) is 6.42 Å². The van der Waals surface area contributed by atoms with Crippen LogP contribution in [0.2, 0.25) is 0 Å². The summed E-state index contributed by atoms with van der Waals surface area (Å²) in [7, 11) is 0. The maximum atomic E-state index is 12.8. The van der Waals surface area contributed by atoms with E-state index < -0.39 is 0 Å². The third-order valence-corrected chi connectivity index (χ3v) is 6.94. The van der Waals surface area contributed by atoms with E-state index in [1.807, 2.05) is 4.90 Å². The van der Waals surface area contributed by atoms with Crippen molar-refractivity contribution < 1.29 is 9.53 Å². The third-order valence-electron chi connectivity index (χ3n) is 6.94. The molecule has 25 heavy (non-hydrogen) atoms. The molecule has 0 aromatic carbocycles. The number of piperidine rings is 2. The minimum atomic E-state index is 0.222. The SMILES string of the molecule is O=C([C@H]1CCCN(C2CCN(CC3CCC3)CC2)C1)N1CCOCC1. The smallest absolute Gasteiger partial charge is 0.227 e. The van der Waals surface area contributed by atoms with Gasteiger partial charge in [-0.3, -0.25) is 9.69 Å². The second-order valence-electron chi connectivity index (χ2n) is 8.60. The highest BCUT2D eigenvalue weighted by atomic mass is 16.5. The van der Waals surface area contributed by atoms with Crippen LogP contribution in [0.25, 0.3) is 0 Å². The summed E-state index contributed by atoms with van der Waals surface area (Å²) in [6.07, 6.45) is 9.22. The molecule has 1 saturated carbocycles. The zero-order valence-electron chi connectivity index (χ0n) is 15.7. The van der Waals surface area contributed by atoms with Crippen LogP contribution in [0, 0.1) is 11.8 Å². The standard InChI is InChI=1S/C20H35N3O2/c24-20(22-11-13-25-14-12-22)18-5-2-8-23(16-18)19-6-9-21(10-7-19)15-17-3-1-4-17/h17-19H,1-16H2/t18-/m0/s1. The number of morpholine rings is 1. The Labute approximate surface area is 152 Å². The molecule has 0 aromatic heterocycles. The molecule has 4 fully saturated rings. The maximum Gasteiger partial charge on any atom is 0.227 e. The minimum absolute atomic E-state index is 0.222. The number of hydrogen-bond donors (Lipinski definition) is 0. The van der Waals surface area contributed by atoms with E-state index in [4.69, 9.17) is 4.74 Å². The van der Waals surface area contributed by atoms with Crippen LogP contribution in [0.15, 0.2) is 0 Å². The number of nitrogens with zero attached hydrogens (tertiary/aromatic N) is 3. The van der Waals surface area contributed by atoms with Crippen LogP contribution in [-0.4, -0.2) is 85.7 Å². The van der Waals surface area contributed by atoms with E-state index in [1.54, 1.807) is 0 Å². The molecule has 0 aromatic rings. The third kappa shape index (κ3) is 4.37. The second kappa shape index (κ2) is 8.36. The number of likely N-dealkylation sites (tertiary alicyclic amines) is 2. The first kappa shape index (κ1) is 17.7. The molecule has 3 saturated heterocycles. The molecule has 3 heterocycles. The van der Waals surface area contributed by atoms with E-state index in [1.165, 1.54) is 64.7 Å². The average molecular weight is 350 g/mol. The zero-order valence-corrected chi connectivity index (χ0v) is 15.7. The lowest BCUT2D eigenvalue weighted by Crippen LogP contribution is -2.52. The van der Waals surface area contributed by atoms with Crippen LogP contribution in [0.4, 0.5) is 0 Å². The van der Waals surface area contributed by atoms with Gasteiger partial charge in [0, 0.05) is 32.2 Å². The molecule has 5 nitrogen and oxygen atoms in total. The Hall–Kier alpha value is -0.650.